The van der Waals surface area contributed by atoms with Crippen LogP contribution in [-0.2, 0) is 16.0 Å². The average molecular weight is 241 g/mol. The molecule has 1 aromatic rings. The molecule has 0 bridgehead atoms. The van der Waals surface area contributed by atoms with E-state index in [0.717, 1.165) is 4.88 Å². The number of ketones is 1. The number of carbonyl (C=O) groups excluding carboxylic acids is 2. The number of nitrogens with one attached hydrogen (secondary N) is 1. The summed E-state index contributed by atoms with van der Waals surface area (Å²) in [5, 5.41) is 4.63. The van der Waals surface area contributed by atoms with E-state index in [1.54, 1.807) is 11.3 Å². The molecule has 0 fully saturated rings. The maximum absolute atomic E-state index is 11.1. The van der Waals surface area contributed by atoms with Gasteiger partial charge >= 0.3 is 6.09 Å². The zero-order chi connectivity index (χ0) is 12.0. The van der Waals surface area contributed by atoms with Crippen LogP contribution in [0.15, 0.2) is 17.5 Å². The third-order valence-electron chi connectivity index (χ3n) is 2.07. The fraction of sp³-hybridized carbons (Fsp3) is 0.455. The normalized spacial score (nSPS) is 11.9. The lowest BCUT2D eigenvalue weighted by atomic mass is 10.1. The predicted octanol–water partition coefficient (Wildman–Crippen LogP) is 1.99. The topological polar surface area (TPSA) is 55.4 Å². The van der Waals surface area contributed by atoms with E-state index in [0.29, 0.717) is 12.8 Å². The van der Waals surface area contributed by atoms with E-state index >= 15 is 0 Å². The Kier molecular flexibility index (Phi) is 4.98. The summed E-state index contributed by atoms with van der Waals surface area (Å²) in [7, 11) is 1.31. The van der Waals surface area contributed by atoms with Crippen LogP contribution >= 0.6 is 11.3 Å². The molecule has 0 saturated carbocycles. The monoisotopic (exact) mass is 241 g/mol. The first-order valence-corrected chi connectivity index (χ1v) is 5.86. The van der Waals surface area contributed by atoms with Gasteiger partial charge in [0.2, 0.25) is 0 Å². The molecule has 0 aromatic carbocycles. The summed E-state index contributed by atoms with van der Waals surface area (Å²) in [6.07, 6.45) is 0.488. The van der Waals surface area contributed by atoms with Gasteiger partial charge in [-0.2, -0.15) is 0 Å². The van der Waals surface area contributed by atoms with E-state index in [9.17, 15) is 9.59 Å². The van der Waals surface area contributed by atoms with Crippen LogP contribution in [0, 0.1) is 0 Å². The Bertz CT molecular complexity index is 348. The van der Waals surface area contributed by atoms with Gasteiger partial charge in [0.1, 0.15) is 5.78 Å². The molecule has 1 atom stereocenters. The van der Waals surface area contributed by atoms with Crippen LogP contribution in [0.25, 0.3) is 0 Å². The van der Waals surface area contributed by atoms with Crippen molar-refractivity contribution in [3.8, 4) is 0 Å². The Hall–Kier alpha value is -1.36. The second kappa shape index (κ2) is 6.27. The largest absolute Gasteiger partial charge is 0.453 e. The van der Waals surface area contributed by atoms with Crippen molar-refractivity contribution < 1.29 is 14.3 Å². The van der Waals surface area contributed by atoms with Crippen LogP contribution in [0.4, 0.5) is 4.79 Å². The first kappa shape index (κ1) is 12.7. The Balaban J connectivity index is 2.56. The second-order valence-corrected chi connectivity index (χ2v) is 4.55. The molecular formula is C11H15NO3S. The lowest BCUT2D eigenvalue weighted by molar-refractivity contribution is -0.117. The second-order valence-electron chi connectivity index (χ2n) is 3.52. The molecule has 1 rings (SSSR count). The summed E-state index contributed by atoms with van der Waals surface area (Å²) in [6.45, 7) is 1.51. The average Bonchev–Trinajstić information content (AvgIpc) is 2.69. The van der Waals surface area contributed by atoms with Gasteiger partial charge in [0, 0.05) is 23.8 Å². The van der Waals surface area contributed by atoms with Crippen LogP contribution in [0.5, 0.6) is 0 Å². The zero-order valence-electron chi connectivity index (χ0n) is 9.36. The Morgan fingerprint density at radius 1 is 1.56 bits per heavy atom. The maximum atomic E-state index is 11.1. The summed E-state index contributed by atoms with van der Waals surface area (Å²) < 4.78 is 4.52. The highest BCUT2D eigenvalue weighted by molar-refractivity contribution is 7.09. The quantitative estimate of drug-likeness (QED) is 0.857. The van der Waals surface area contributed by atoms with Crippen LogP contribution in [0.3, 0.4) is 0 Å². The number of rotatable bonds is 5. The van der Waals surface area contributed by atoms with Crippen molar-refractivity contribution in [1.82, 2.24) is 5.32 Å². The van der Waals surface area contributed by atoms with Crippen molar-refractivity contribution in [2.24, 2.45) is 0 Å². The molecule has 16 heavy (non-hydrogen) atoms. The Morgan fingerprint density at radius 2 is 2.31 bits per heavy atom. The first-order valence-electron chi connectivity index (χ1n) is 4.98. The zero-order valence-corrected chi connectivity index (χ0v) is 10.2. The highest BCUT2D eigenvalue weighted by Crippen LogP contribution is 2.13. The summed E-state index contributed by atoms with van der Waals surface area (Å²) >= 11 is 1.61. The van der Waals surface area contributed by atoms with Crippen LogP contribution in [0.2, 0.25) is 0 Å². The molecule has 0 radical (unpaired) electrons. The van der Waals surface area contributed by atoms with E-state index < -0.39 is 6.09 Å². The molecule has 1 unspecified atom stereocenters. The van der Waals surface area contributed by atoms with Gasteiger partial charge in [0.05, 0.1) is 7.11 Å². The van der Waals surface area contributed by atoms with E-state index in [1.807, 2.05) is 17.5 Å². The van der Waals surface area contributed by atoms with Crippen molar-refractivity contribution >= 4 is 23.2 Å². The van der Waals surface area contributed by atoms with Crippen molar-refractivity contribution in [3.05, 3.63) is 22.4 Å². The third kappa shape index (κ3) is 4.44. The number of Topliss-reactive ketones (excluding diaryl/α,β-unsaturated/α-hetero) is 1. The molecular weight excluding hydrogens is 226 g/mol. The van der Waals surface area contributed by atoms with Crippen molar-refractivity contribution in [2.75, 3.05) is 7.11 Å². The molecule has 0 spiro atoms. The number of methoxy groups -OCH3 is 1. The fourth-order valence-electron chi connectivity index (χ4n) is 1.42. The number of thiophene rings is 1. The molecule has 1 aromatic heterocycles. The van der Waals surface area contributed by atoms with Crippen molar-refractivity contribution in [2.45, 2.75) is 25.8 Å². The number of amides is 1. The number of hydrogen-bond acceptors (Lipinski definition) is 4. The number of carbonyl (C=O) groups is 2. The van der Waals surface area contributed by atoms with E-state index in [1.165, 1.54) is 14.0 Å². The Labute approximate surface area is 98.6 Å². The molecule has 0 saturated heterocycles. The molecule has 5 heteroatoms. The predicted molar refractivity (Wildman–Crippen MR) is 62.6 cm³/mol. The molecule has 4 nitrogen and oxygen atoms in total. The summed E-state index contributed by atoms with van der Waals surface area (Å²) in [4.78, 5) is 23.3. The van der Waals surface area contributed by atoms with Gasteiger partial charge in [-0.25, -0.2) is 4.79 Å². The van der Waals surface area contributed by atoms with Crippen molar-refractivity contribution in [1.29, 1.82) is 0 Å². The summed E-state index contributed by atoms with van der Waals surface area (Å²) in [6, 6.07) is 3.74. The number of ether oxygens (including phenoxy) is 1. The fourth-order valence-corrected chi connectivity index (χ4v) is 2.20. The SMILES string of the molecule is COC(=O)NC(CC(C)=O)Cc1cccs1. The van der Waals surface area contributed by atoms with Gasteiger partial charge in [-0.1, -0.05) is 6.07 Å². The molecule has 1 heterocycles. The van der Waals surface area contributed by atoms with Gasteiger partial charge in [-0.05, 0) is 18.4 Å². The van der Waals surface area contributed by atoms with Crippen LogP contribution < -0.4 is 5.32 Å². The summed E-state index contributed by atoms with van der Waals surface area (Å²) in [5.41, 5.74) is 0. The number of hydrogen-bond donors (Lipinski definition) is 1. The third-order valence-corrected chi connectivity index (χ3v) is 2.97. The highest BCUT2D eigenvalue weighted by atomic mass is 32.1. The first-order chi connectivity index (χ1) is 7.61. The van der Waals surface area contributed by atoms with Crippen molar-refractivity contribution in [3.63, 3.8) is 0 Å². The molecule has 0 aliphatic carbocycles. The maximum Gasteiger partial charge on any atom is 0.407 e. The lowest BCUT2D eigenvalue weighted by Gasteiger charge is -2.15. The van der Waals surface area contributed by atoms with E-state index in [4.69, 9.17) is 0 Å². The lowest BCUT2D eigenvalue weighted by Crippen LogP contribution is -2.37. The van der Waals surface area contributed by atoms with Crippen LogP contribution in [-0.4, -0.2) is 25.0 Å². The smallest absolute Gasteiger partial charge is 0.407 e. The molecule has 1 amide bonds. The minimum Gasteiger partial charge on any atom is -0.453 e. The van der Waals surface area contributed by atoms with Crippen LogP contribution in [0.1, 0.15) is 18.2 Å². The minimum absolute atomic E-state index is 0.0537. The van der Waals surface area contributed by atoms with E-state index in [-0.39, 0.29) is 11.8 Å². The van der Waals surface area contributed by atoms with E-state index in [2.05, 4.69) is 10.1 Å². The molecule has 1 N–H and O–H groups in total. The minimum atomic E-state index is -0.497. The van der Waals surface area contributed by atoms with Gasteiger partial charge in [0.15, 0.2) is 0 Å². The Morgan fingerprint density at radius 3 is 2.81 bits per heavy atom. The van der Waals surface area contributed by atoms with Gasteiger partial charge in [0.25, 0.3) is 0 Å². The number of alkyl carbamates (subject to hydrolysis) is 1. The van der Waals surface area contributed by atoms with Gasteiger partial charge in [-0.3, -0.25) is 4.79 Å². The molecule has 0 aliphatic heterocycles. The molecule has 0 aliphatic rings. The van der Waals surface area contributed by atoms with Gasteiger partial charge in [-0.15, -0.1) is 11.3 Å². The summed E-state index contributed by atoms with van der Waals surface area (Å²) in [5.74, 6) is 0.0537. The van der Waals surface area contributed by atoms with Gasteiger partial charge < -0.3 is 10.1 Å². The standard InChI is InChI=1S/C11H15NO3S/c1-8(13)6-9(12-11(14)15-2)7-10-4-3-5-16-10/h3-5,9H,6-7H2,1-2H3,(H,12,14). The molecule has 88 valence electrons. The highest BCUT2D eigenvalue weighted by Gasteiger charge is 2.15.